The summed E-state index contributed by atoms with van der Waals surface area (Å²) in [5.74, 6) is 0.0201. The molecule has 0 aromatic heterocycles. The number of rotatable bonds is 17. The van der Waals surface area contributed by atoms with Crippen molar-refractivity contribution in [2.45, 2.75) is 25.4 Å². The number of amides is 1. The largest absolute Gasteiger partial charge is 0.377 e. The molecule has 1 N–H and O–H groups in total. The van der Waals surface area contributed by atoms with Crippen LogP contribution < -0.4 is 5.32 Å². The molecule has 218 valence electrons. The minimum Gasteiger partial charge on any atom is -0.377 e. The van der Waals surface area contributed by atoms with Crippen LogP contribution in [0, 0.1) is 12.7 Å². The second-order valence-electron chi connectivity index (χ2n) is 10.2. The Hall–Kier alpha value is -2.88. The van der Waals surface area contributed by atoms with E-state index in [9.17, 15) is 9.18 Å². The first-order chi connectivity index (χ1) is 19.4. The van der Waals surface area contributed by atoms with E-state index in [0.717, 1.165) is 29.8 Å². The van der Waals surface area contributed by atoms with E-state index < -0.39 is 0 Å². The maximum atomic E-state index is 14.5. The van der Waals surface area contributed by atoms with Gasteiger partial charge in [-0.3, -0.25) is 9.69 Å². The number of likely N-dealkylation sites (N-methyl/N-ethyl adjacent to an activating group) is 1. The van der Waals surface area contributed by atoms with E-state index >= 15 is 0 Å². The molecule has 0 unspecified atom stereocenters. The van der Waals surface area contributed by atoms with E-state index in [2.05, 4.69) is 66.1 Å². The summed E-state index contributed by atoms with van der Waals surface area (Å²) in [5.41, 5.74) is 4.23. The molecule has 0 bridgehead atoms. The Morgan fingerprint density at radius 2 is 1.80 bits per heavy atom. The fourth-order valence-corrected chi connectivity index (χ4v) is 4.92. The summed E-state index contributed by atoms with van der Waals surface area (Å²) in [6.07, 6.45) is 5.34. The van der Waals surface area contributed by atoms with Crippen LogP contribution in [-0.2, 0) is 25.5 Å². The molecular weight excluding hydrogens is 509 g/mol. The van der Waals surface area contributed by atoms with Crippen molar-refractivity contribution in [3.05, 3.63) is 89.3 Å². The van der Waals surface area contributed by atoms with Gasteiger partial charge in [0.05, 0.1) is 39.6 Å². The SMILES string of the molecule is C=CC(=O)NCCOCCOCCOC/C=C/c1cccc([C@H]2CN(Cc3c(C)cccc3F)C[C@@H]2N(C)C)c1. The van der Waals surface area contributed by atoms with E-state index in [1.54, 1.807) is 12.1 Å². The van der Waals surface area contributed by atoms with Gasteiger partial charge in [0.15, 0.2) is 0 Å². The number of nitrogens with zero attached hydrogens (tertiary/aromatic N) is 2. The number of hydrogen-bond donors (Lipinski definition) is 1. The molecule has 1 aliphatic heterocycles. The number of benzene rings is 2. The summed E-state index contributed by atoms with van der Waals surface area (Å²) in [6, 6.07) is 14.3. The van der Waals surface area contributed by atoms with Gasteiger partial charge >= 0.3 is 0 Å². The van der Waals surface area contributed by atoms with Crippen molar-refractivity contribution in [1.29, 1.82) is 0 Å². The van der Waals surface area contributed by atoms with E-state index in [1.165, 1.54) is 11.6 Å². The number of hydrogen-bond acceptors (Lipinski definition) is 6. The van der Waals surface area contributed by atoms with Crippen LogP contribution in [0.5, 0.6) is 0 Å². The molecule has 1 amide bonds. The normalized spacial score (nSPS) is 17.6. The number of likely N-dealkylation sites (tertiary alicyclic amines) is 1. The lowest BCUT2D eigenvalue weighted by atomic mass is 9.92. The molecule has 0 saturated carbocycles. The van der Waals surface area contributed by atoms with Gasteiger partial charge in [0.25, 0.3) is 0 Å². The van der Waals surface area contributed by atoms with Gasteiger partial charge in [0, 0.05) is 43.7 Å². The molecule has 2 aromatic carbocycles. The van der Waals surface area contributed by atoms with Crippen molar-refractivity contribution in [2.75, 3.05) is 73.4 Å². The number of carbonyl (C=O) groups is 1. The Morgan fingerprint density at radius 3 is 2.52 bits per heavy atom. The highest BCUT2D eigenvalue weighted by Gasteiger charge is 2.35. The van der Waals surface area contributed by atoms with Gasteiger partial charge in [0.1, 0.15) is 5.82 Å². The summed E-state index contributed by atoms with van der Waals surface area (Å²) in [6.45, 7) is 11.1. The summed E-state index contributed by atoms with van der Waals surface area (Å²) < 4.78 is 31.0. The maximum absolute atomic E-state index is 14.5. The summed E-state index contributed by atoms with van der Waals surface area (Å²) in [7, 11) is 4.25. The van der Waals surface area contributed by atoms with E-state index in [1.807, 2.05) is 19.1 Å². The molecule has 0 spiro atoms. The van der Waals surface area contributed by atoms with Crippen molar-refractivity contribution in [1.82, 2.24) is 15.1 Å². The molecule has 0 radical (unpaired) electrons. The number of ether oxygens (including phenoxy) is 3. The minimum absolute atomic E-state index is 0.122. The standard InChI is InChI=1S/C32H44FN3O4/c1-5-32(37)34-14-16-39-18-20-40-19-17-38-15-8-11-26-10-7-12-27(21-26)29-23-36(24-31(29)35(3)4)22-28-25(2)9-6-13-30(28)33/h5-13,21,29,31H,1,14-20,22-24H2,2-4H3,(H,34,37)/b11-8+/t29-,31+/m1/s1. The van der Waals surface area contributed by atoms with Crippen LogP contribution in [0.25, 0.3) is 6.08 Å². The molecule has 1 aliphatic rings. The minimum atomic E-state index is -0.203. The predicted molar refractivity (Wildman–Crippen MR) is 158 cm³/mol. The average Bonchev–Trinajstić information content (AvgIpc) is 3.38. The number of aryl methyl sites for hydroxylation is 1. The number of nitrogens with one attached hydrogen (secondary N) is 1. The number of halogens is 1. The van der Waals surface area contributed by atoms with Gasteiger partial charge in [-0.15, -0.1) is 0 Å². The molecule has 7 nitrogen and oxygen atoms in total. The third kappa shape index (κ3) is 10.3. The van der Waals surface area contributed by atoms with Gasteiger partial charge in [-0.25, -0.2) is 4.39 Å². The Morgan fingerprint density at radius 1 is 1.07 bits per heavy atom. The Kier molecular flexibility index (Phi) is 13.5. The molecule has 0 aliphatic carbocycles. The second kappa shape index (κ2) is 17.0. The first kappa shape index (κ1) is 31.6. The summed E-state index contributed by atoms with van der Waals surface area (Å²) in [5, 5.41) is 2.65. The predicted octanol–water partition coefficient (Wildman–Crippen LogP) is 4.03. The lowest BCUT2D eigenvalue weighted by molar-refractivity contribution is -0.116. The fraction of sp³-hybridized carbons (Fsp3) is 0.469. The molecular formula is C32H44FN3O4. The molecule has 1 saturated heterocycles. The zero-order valence-electron chi connectivity index (χ0n) is 24.1. The van der Waals surface area contributed by atoms with Crippen LogP contribution in [-0.4, -0.2) is 95.1 Å². The van der Waals surface area contributed by atoms with Crippen LogP contribution in [0.2, 0.25) is 0 Å². The lowest BCUT2D eigenvalue weighted by Crippen LogP contribution is -2.34. The first-order valence-corrected chi connectivity index (χ1v) is 13.9. The van der Waals surface area contributed by atoms with E-state index in [0.29, 0.717) is 64.7 Å². The van der Waals surface area contributed by atoms with Gasteiger partial charge in [-0.2, -0.15) is 0 Å². The molecule has 3 rings (SSSR count). The van der Waals surface area contributed by atoms with Crippen molar-refractivity contribution in [3.8, 4) is 0 Å². The Labute approximate surface area is 238 Å². The highest BCUT2D eigenvalue weighted by Crippen LogP contribution is 2.32. The highest BCUT2D eigenvalue weighted by atomic mass is 19.1. The maximum Gasteiger partial charge on any atom is 0.243 e. The Balaban J connectivity index is 1.39. The van der Waals surface area contributed by atoms with E-state index in [-0.39, 0.29) is 11.7 Å². The molecule has 40 heavy (non-hydrogen) atoms. The molecule has 1 fully saturated rings. The third-order valence-electron chi connectivity index (χ3n) is 7.10. The van der Waals surface area contributed by atoms with Crippen LogP contribution in [0.4, 0.5) is 4.39 Å². The fourth-order valence-electron chi connectivity index (χ4n) is 4.92. The zero-order chi connectivity index (χ0) is 28.7. The molecule has 1 heterocycles. The van der Waals surface area contributed by atoms with Crippen molar-refractivity contribution < 1.29 is 23.4 Å². The second-order valence-corrected chi connectivity index (χ2v) is 10.2. The Bertz CT molecular complexity index is 1090. The highest BCUT2D eigenvalue weighted by molar-refractivity contribution is 5.86. The van der Waals surface area contributed by atoms with Gasteiger partial charge < -0.3 is 24.4 Å². The van der Waals surface area contributed by atoms with Crippen molar-refractivity contribution in [3.63, 3.8) is 0 Å². The van der Waals surface area contributed by atoms with Gasteiger partial charge in [-0.05, 0) is 49.9 Å². The zero-order valence-corrected chi connectivity index (χ0v) is 24.1. The van der Waals surface area contributed by atoms with E-state index in [4.69, 9.17) is 14.2 Å². The van der Waals surface area contributed by atoms with Crippen LogP contribution in [0.15, 0.2) is 61.2 Å². The summed E-state index contributed by atoms with van der Waals surface area (Å²) in [4.78, 5) is 15.7. The summed E-state index contributed by atoms with van der Waals surface area (Å²) >= 11 is 0. The van der Waals surface area contributed by atoms with Crippen molar-refractivity contribution in [2.24, 2.45) is 0 Å². The topological polar surface area (TPSA) is 63.3 Å². The lowest BCUT2D eigenvalue weighted by Gasteiger charge is -2.25. The third-order valence-corrected chi connectivity index (χ3v) is 7.10. The monoisotopic (exact) mass is 553 g/mol. The molecule has 2 atom stereocenters. The smallest absolute Gasteiger partial charge is 0.243 e. The quantitative estimate of drug-likeness (QED) is 0.236. The van der Waals surface area contributed by atoms with Gasteiger partial charge in [0.2, 0.25) is 5.91 Å². The van der Waals surface area contributed by atoms with Gasteiger partial charge in [-0.1, -0.05) is 55.1 Å². The average molecular weight is 554 g/mol. The first-order valence-electron chi connectivity index (χ1n) is 13.9. The molecule has 2 aromatic rings. The molecule has 8 heteroatoms. The van der Waals surface area contributed by atoms with Crippen LogP contribution in [0.1, 0.15) is 28.2 Å². The van der Waals surface area contributed by atoms with Crippen LogP contribution in [0.3, 0.4) is 0 Å². The van der Waals surface area contributed by atoms with Crippen molar-refractivity contribution >= 4 is 12.0 Å². The number of carbonyl (C=O) groups excluding carboxylic acids is 1. The van der Waals surface area contributed by atoms with Crippen LogP contribution >= 0.6 is 0 Å².